The van der Waals surface area contributed by atoms with Crippen molar-refractivity contribution in [1.29, 1.82) is 0 Å². The van der Waals surface area contributed by atoms with Gasteiger partial charge in [-0.2, -0.15) is 0 Å². The molecule has 0 spiro atoms. The number of carbonyl (C=O) groups is 1. The fraction of sp³-hybridized carbons (Fsp3) is 0.118. The van der Waals surface area contributed by atoms with E-state index in [0.717, 1.165) is 12.1 Å². The molecule has 0 saturated heterocycles. The van der Waals surface area contributed by atoms with E-state index in [9.17, 15) is 4.79 Å². The van der Waals surface area contributed by atoms with Gasteiger partial charge in [0.05, 0.1) is 0 Å². The molecule has 3 nitrogen and oxygen atoms in total. The molecule has 0 fully saturated rings. The van der Waals surface area contributed by atoms with Crippen molar-refractivity contribution in [3.8, 4) is 0 Å². The van der Waals surface area contributed by atoms with Crippen molar-refractivity contribution in [3.63, 3.8) is 0 Å². The van der Waals surface area contributed by atoms with Crippen molar-refractivity contribution < 1.29 is 4.79 Å². The number of fused-ring (bicyclic) bond motifs is 1. The predicted molar refractivity (Wildman–Crippen MR) is 88.7 cm³/mol. The number of anilines is 1. The van der Waals surface area contributed by atoms with Gasteiger partial charge in [0.2, 0.25) is 0 Å². The number of hydrogen-bond acceptors (Lipinski definition) is 3. The largest absolute Gasteiger partial charge is 0.399 e. The summed E-state index contributed by atoms with van der Waals surface area (Å²) in [6.07, 6.45) is 0.808. The van der Waals surface area contributed by atoms with Crippen molar-refractivity contribution >= 4 is 33.0 Å². The molecular formula is C17H16N2OS. The van der Waals surface area contributed by atoms with E-state index in [1.807, 2.05) is 48.5 Å². The van der Waals surface area contributed by atoms with Crippen molar-refractivity contribution in [2.24, 2.45) is 0 Å². The Morgan fingerprint density at radius 2 is 1.95 bits per heavy atom. The number of nitrogen functional groups attached to an aromatic ring is 1. The number of amides is 1. The zero-order valence-electron chi connectivity index (χ0n) is 11.5. The van der Waals surface area contributed by atoms with Gasteiger partial charge in [0.15, 0.2) is 0 Å². The van der Waals surface area contributed by atoms with Crippen LogP contribution in [-0.4, -0.2) is 12.5 Å². The van der Waals surface area contributed by atoms with Crippen molar-refractivity contribution in [2.45, 2.75) is 6.42 Å². The van der Waals surface area contributed by atoms with Crippen LogP contribution in [0.1, 0.15) is 15.9 Å². The number of rotatable bonds is 4. The number of hydrogen-bond donors (Lipinski definition) is 2. The van der Waals surface area contributed by atoms with E-state index in [0.29, 0.717) is 12.1 Å². The molecule has 0 bridgehead atoms. The molecule has 3 N–H and O–H groups in total. The fourth-order valence-corrected chi connectivity index (χ4v) is 3.27. The highest BCUT2D eigenvalue weighted by molar-refractivity contribution is 7.17. The average Bonchev–Trinajstić information content (AvgIpc) is 2.90. The van der Waals surface area contributed by atoms with Crippen LogP contribution >= 0.6 is 11.3 Å². The molecule has 2 aromatic carbocycles. The first kappa shape index (κ1) is 13.6. The summed E-state index contributed by atoms with van der Waals surface area (Å²) in [4.78, 5) is 12.0. The lowest BCUT2D eigenvalue weighted by atomic mass is 10.1. The number of carbonyl (C=O) groups excluding carboxylic acids is 1. The Balaban J connectivity index is 1.65. The zero-order valence-corrected chi connectivity index (χ0v) is 12.3. The van der Waals surface area contributed by atoms with Gasteiger partial charge >= 0.3 is 0 Å². The van der Waals surface area contributed by atoms with E-state index in [-0.39, 0.29) is 5.91 Å². The number of benzene rings is 2. The molecule has 1 heterocycles. The minimum atomic E-state index is -0.0327. The Hall–Kier alpha value is -2.33. The molecule has 1 aromatic heterocycles. The summed E-state index contributed by atoms with van der Waals surface area (Å²) in [7, 11) is 0. The molecule has 0 aliphatic rings. The van der Waals surface area contributed by atoms with Gasteiger partial charge in [0, 0.05) is 22.5 Å². The Morgan fingerprint density at radius 1 is 1.14 bits per heavy atom. The summed E-state index contributed by atoms with van der Waals surface area (Å²) in [6, 6.07) is 15.2. The van der Waals surface area contributed by atoms with Crippen LogP contribution < -0.4 is 11.1 Å². The van der Waals surface area contributed by atoms with Crippen LogP contribution in [0.25, 0.3) is 10.1 Å². The molecular weight excluding hydrogens is 280 g/mol. The van der Waals surface area contributed by atoms with Gasteiger partial charge in [-0.25, -0.2) is 0 Å². The van der Waals surface area contributed by atoms with Gasteiger partial charge < -0.3 is 11.1 Å². The molecule has 0 radical (unpaired) electrons. The lowest BCUT2D eigenvalue weighted by Crippen LogP contribution is -2.25. The second-order valence-corrected chi connectivity index (χ2v) is 5.80. The van der Waals surface area contributed by atoms with Crippen molar-refractivity contribution in [1.82, 2.24) is 5.32 Å². The van der Waals surface area contributed by atoms with E-state index < -0.39 is 0 Å². The van der Waals surface area contributed by atoms with Gasteiger partial charge in [-0.05, 0) is 53.1 Å². The molecule has 0 aliphatic carbocycles. The Kier molecular flexibility index (Phi) is 3.88. The van der Waals surface area contributed by atoms with E-state index in [1.165, 1.54) is 15.6 Å². The van der Waals surface area contributed by atoms with Crippen LogP contribution in [-0.2, 0) is 6.42 Å². The molecule has 0 aliphatic heterocycles. The third-order valence-corrected chi connectivity index (χ3v) is 4.41. The third kappa shape index (κ3) is 3.06. The van der Waals surface area contributed by atoms with Gasteiger partial charge in [0.25, 0.3) is 5.91 Å². The maximum absolute atomic E-state index is 12.0. The molecule has 106 valence electrons. The van der Waals surface area contributed by atoms with Crippen molar-refractivity contribution in [2.75, 3.05) is 12.3 Å². The maximum atomic E-state index is 12.0. The summed E-state index contributed by atoms with van der Waals surface area (Å²) in [6.45, 7) is 0.619. The first-order valence-corrected chi connectivity index (χ1v) is 7.71. The normalized spacial score (nSPS) is 10.7. The minimum Gasteiger partial charge on any atom is -0.399 e. The summed E-state index contributed by atoms with van der Waals surface area (Å²) in [5.74, 6) is -0.0327. The van der Waals surface area contributed by atoms with E-state index in [4.69, 9.17) is 5.73 Å². The minimum absolute atomic E-state index is 0.0327. The monoisotopic (exact) mass is 296 g/mol. The smallest absolute Gasteiger partial charge is 0.251 e. The van der Waals surface area contributed by atoms with Gasteiger partial charge in [-0.15, -0.1) is 11.3 Å². The molecule has 3 rings (SSSR count). The van der Waals surface area contributed by atoms with E-state index in [1.54, 1.807) is 11.3 Å². The SMILES string of the molecule is Nc1ccc2scc(CCNC(=O)c3ccccc3)c2c1. The average molecular weight is 296 g/mol. The lowest BCUT2D eigenvalue weighted by Gasteiger charge is -2.05. The van der Waals surface area contributed by atoms with Crippen molar-refractivity contribution in [3.05, 3.63) is 65.0 Å². The third-order valence-electron chi connectivity index (χ3n) is 3.39. The van der Waals surface area contributed by atoms with Crippen LogP contribution in [0, 0.1) is 0 Å². The molecule has 0 unspecified atom stereocenters. The highest BCUT2D eigenvalue weighted by Crippen LogP contribution is 2.27. The topological polar surface area (TPSA) is 55.1 Å². The van der Waals surface area contributed by atoms with Gasteiger partial charge in [-0.1, -0.05) is 18.2 Å². The van der Waals surface area contributed by atoms with Crippen LogP contribution in [0.15, 0.2) is 53.9 Å². The number of thiophene rings is 1. The zero-order chi connectivity index (χ0) is 14.7. The molecule has 1 amide bonds. The number of nitrogens with two attached hydrogens (primary N) is 1. The van der Waals surface area contributed by atoms with Gasteiger partial charge in [0.1, 0.15) is 0 Å². The maximum Gasteiger partial charge on any atom is 0.251 e. The quantitative estimate of drug-likeness (QED) is 0.724. The highest BCUT2D eigenvalue weighted by atomic mass is 32.1. The second-order valence-electron chi connectivity index (χ2n) is 4.89. The summed E-state index contributed by atoms with van der Waals surface area (Å²) < 4.78 is 1.23. The van der Waals surface area contributed by atoms with Crippen LogP contribution in [0.4, 0.5) is 5.69 Å². The summed E-state index contributed by atoms with van der Waals surface area (Å²) in [5, 5.41) is 6.28. The molecule has 4 heteroatoms. The predicted octanol–water partition coefficient (Wildman–Crippen LogP) is 3.46. The number of nitrogens with one attached hydrogen (secondary N) is 1. The van der Waals surface area contributed by atoms with E-state index in [2.05, 4.69) is 10.7 Å². The second kappa shape index (κ2) is 5.97. The standard InChI is InChI=1S/C17H16N2OS/c18-14-6-7-16-15(10-14)13(11-21-16)8-9-19-17(20)12-4-2-1-3-5-12/h1-7,10-11H,8-9,18H2,(H,19,20). The van der Waals surface area contributed by atoms with Crippen LogP contribution in [0.5, 0.6) is 0 Å². The molecule has 3 aromatic rings. The Labute approximate surface area is 127 Å². The highest BCUT2D eigenvalue weighted by Gasteiger charge is 2.07. The fourth-order valence-electron chi connectivity index (χ4n) is 2.30. The lowest BCUT2D eigenvalue weighted by molar-refractivity contribution is 0.0954. The summed E-state index contributed by atoms with van der Waals surface area (Å²) in [5.41, 5.74) is 8.54. The Bertz CT molecular complexity index is 765. The van der Waals surface area contributed by atoms with Crippen LogP contribution in [0.3, 0.4) is 0 Å². The van der Waals surface area contributed by atoms with E-state index >= 15 is 0 Å². The van der Waals surface area contributed by atoms with Crippen LogP contribution in [0.2, 0.25) is 0 Å². The Morgan fingerprint density at radius 3 is 2.76 bits per heavy atom. The molecule has 0 saturated carbocycles. The molecule has 0 atom stereocenters. The first-order chi connectivity index (χ1) is 10.2. The molecule has 21 heavy (non-hydrogen) atoms. The summed E-state index contributed by atoms with van der Waals surface area (Å²) >= 11 is 1.71. The first-order valence-electron chi connectivity index (χ1n) is 6.83. The van der Waals surface area contributed by atoms with Gasteiger partial charge in [-0.3, -0.25) is 4.79 Å².